The standard InChI is InChI=1S/C8H5NO4/c10-8(11)5-1-2-6-7(9-5)13-4-3-12-6/h1-4H,(H,10,11). The number of fused-ring (bicyclic) bond motifs is 1. The highest BCUT2D eigenvalue weighted by atomic mass is 16.5. The number of hydrogen-bond donors (Lipinski definition) is 1. The summed E-state index contributed by atoms with van der Waals surface area (Å²) < 4.78 is 9.93. The van der Waals surface area contributed by atoms with Crippen molar-refractivity contribution in [2.45, 2.75) is 0 Å². The van der Waals surface area contributed by atoms with Gasteiger partial charge in [-0.2, -0.15) is 0 Å². The molecule has 2 rings (SSSR count). The molecule has 2 heterocycles. The minimum Gasteiger partial charge on any atom is -0.477 e. The molecule has 5 heteroatoms. The van der Waals surface area contributed by atoms with Gasteiger partial charge in [0, 0.05) is 0 Å². The normalized spacial score (nSPS) is 12.6. The van der Waals surface area contributed by atoms with E-state index in [1.54, 1.807) is 0 Å². The Morgan fingerprint density at radius 3 is 2.85 bits per heavy atom. The topological polar surface area (TPSA) is 68.7 Å². The van der Waals surface area contributed by atoms with Crippen LogP contribution >= 0.6 is 0 Å². The molecule has 0 bridgehead atoms. The Morgan fingerprint density at radius 1 is 1.31 bits per heavy atom. The zero-order valence-electron chi connectivity index (χ0n) is 6.43. The van der Waals surface area contributed by atoms with E-state index in [9.17, 15) is 4.79 Å². The summed E-state index contributed by atoms with van der Waals surface area (Å²) in [6.07, 6.45) is 2.64. The quantitative estimate of drug-likeness (QED) is 0.697. The lowest BCUT2D eigenvalue weighted by Gasteiger charge is -2.10. The summed E-state index contributed by atoms with van der Waals surface area (Å²) in [4.78, 5) is 14.2. The van der Waals surface area contributed by atoms with Crippen molar-refractivity contribution >= 4 is 5.97 Å². The summed E-state index contributed by atoms with van der Waals surface area (Å²) >= 11 is 0. The average molecular weight is 179 g/mol. The molecule has 66 valence electrons. The van der Waals surface area contributed by atoms with Gasteiger partial charge in [-0.05, 0) is 12.1 Å². The van der Waals surface area contributed by atoms with E-state index in [-0.39, 0.29) is 11.6 Å². The summed E-state index contributed by atoms with van der Waals surface area (Å²) in [5.41, 5.74) is -0.0716. The number of carboxylic acids is 1. The van der Waals surface area contributed by atoms with E-state index in [4.69, 9.17) is 14.6 Å². The summed E-state index contributed by atoms with van der Waals surface area (Å²) in [7, 11) is 0. The lowest BCUT2D eigenvalue weighted by Crippen LogP contribution is -2.04. The maximum absolute atomic E-state index is 10.5. The Labute approximate surface area is 73.2 Å². The van der Waals surface area contributed by atoms with Gasteiger partial charge in [0.2, 0.25) is 0 Å². The molecule has 0 fully saturated rings. The molecule has 1 N–H and O–H groups in total. The molecule has 0 saturated carbocycles. The largest absolute Gasteiger partial charge is 0.477 e. The maximum Gasteiger partial charge on any atom is 0.354 e. The molecule has 0 saturated heterocycles. The first-order valence-electron chi connectivity index (χ1n) is 3.50. The van der Waals surface area contributed by atoms with Crippen LogP contribution in [0.25, 0.3) is 0 Å². The maximum atomic E-state index is 10.5. The van der Waals surface area contributed by atoms with Crippen LogP contribution in [0.2, 0.25) is 0 Å². The van der Waals surface area contributed by atoms with Gasteiger partial charge in [0.1, 0.15) is 12.5 Å². The van der Waals surface area contributed by atoms with Crippen LogP contribution in [0.15, 0.2) is 24.7 Å². The minimum atomic E-state index is -1.10. The summed E-state index contributed by atoms with van der Waals surface area (Å²) in [5, 5.41) is 8.61. The summed E-state index contributed by atoms with van der Waals surface area (Å²) in [5.74, 6) is -0.518. The van der Waals surface area contributed by atoms with Crippen molar-refractivity contribution in [3.8, 4) is 11.6 Å². The molecule has 0 spiro atoms. The van der Waals surface area contributed by atoms with Crippen molar-refractivity contribution in [1.82, 2.24) is 4.98 Å². The molecule has 1 aliphatic rings. The minimum absolute atomic E-state index is 0.0716. The van der Waals surface area contributed by atoms with Crippen molar-refractivity contribution in [2.75, 3.05) is 0 Å². The number of ether oxygens (including phenoxy) is 2. The van der Waals surface area contributed by atoms with Gasteiger partial charge < -0.3 is 14.6 Å². The van der Waals surface area contributed by atoms with E-state index in [1.165, 1.54) is 24.7 Å². The number of pyridine rings is 1. The zero-order valence-corrected chi connectivity index (χ0v) is 6.43. The fraction of sp³-hybridized carbons (Fsp3) is 0. The average Bonchev–Trinajstić information content (AvgIpc) is 2.17. The molecule has 0 aliphatic carbocycles. The molecular weight excluding hydrogens is 174 g/mol. The molecule has 1 aromatic heterocycles. The van der Waals surface area contributed by atoms with Gasteiger partial charge in [-0.3, -0.25) is 0 Å². The number of rotatable bonds is 1. The van der Waals surface area contributed by atoms with E-state index in [0.717, 1.165) is 0 Å². The molecule has 5 nitrogen and oxygen atoms in total. The monoisotopic (exact) mass is 179 g/mol. The Kier molecular flexibility index (Phi) is 1.63. The fourth-order valence-corrected chi connectivity index (χ4v) is 0.914. The van der Waals surface area contributed by atoms with Crippen LogP contribution in [-0.4, -0.2) is 16.1 Å². The third-order valence-corrected chi connectivity index (χ3v) is 1.47. The molecule has 0 unspecified atom stereocenters. The van der Waals surface area contributed by atoms with Crippen LogP contribution in [0.3, 0.4) is 0 Å². The fourth-order valence-electron chi connectivity index (χ4n) is 0.914. The number of aromatic nitrogens is 1. The van der Waals surface area contributed by atoms with E-state index >= 15 is 0 Å². The Bertz CT molecular complexity index is 386. The number of hydrogen-bond acceptors (Lipinski definition) is 4. The Hall–Kier alpha value is -2.04. The smallest absolute Gasteiger partial charge is 0.354 e. The highest BCUT2D eigenvalue weighted by Gasteiger charge is 2.13. The second-order valence-corrected chi connectivity index (χ2v) is 2.31. The van der Waals surface area contributed by atoms with Crippen LogP contribution in [0.5, 0.6) is 11.6 Å². The third kappa shape index (κ3) is 1.31. The van der Waals surface area contributed by atoms with E-state index in [1.807, 2.05) is 0 Å². The lowest BCUT2D eigenvalue weighted by atomic mass is 10.3. The molecular formula is C8H5NO4. The molecule has 13 heavy (non-hydrogen) atoms. The van der Waals surface area contributed by atoms with Crippen molar-refractivity contribution < 1.29 is 19.4 Å². The van der Waals surface area contributed by atoms with Crippen molar-refractivity contribution in [3.05, 3.63) is 30.4 Å². The van der Waals surface area contributed by atoms with E-state index in [0.29, 0.717) is 5.75 Å². The SMILES string of the molecule is O=C(O)c1ccc2c(n1)OC=CO2. The van der Waals surface area contributed by atoms with Gasteiger partial charge in [-0.1, -0.05) is 0 Å². The second kappa shape index (κ2) is 2.78. The van der Waals surface area contributed by atoms with Crippen LogP contribution in [0.1, 0.15) is 10.5 Å². The van der Waals surface area contributed by atoms with Crippen molar-refractivity contribution in [2.24, 2.45) is 0 Å². The second-order valence-electron chi connectivity index (χ2n) is 2.31. The molecule has 0 atom stereocenters. The van der Waals surface area contributed by atoms with Crippen molar-refractivity contribution in [3.63, 3.8) is 0 Å². The first-order valence-corrected chi connectivity index (χ1v) is 3.50. The summed E-state index contributed by atoms with van der Waals surface area (Å²) in [6, 6.07) is 2.85. The van der Waals surface area contributed by atoms with Gasteiger partial charge >= 0.3 is 5.97 Å². The van der Waals surface area contributed by atoms with Crippen LogP contribution < -0.4 is 9.47 Å². The van der Waals surface area contributed by atoms with Crippen LogP contribution in [0.4, 0.5) is 0 Å². The van der Waals surface area contributed by atoms with Gasteiger partial charge in [0.15, 0.2) is 11.4 Å². The van der Waals surface area contributed by atoms with Crippen LogP contribution in [-0.2, 0) is 0 Å². The number of carboxylic acid groups (broad SMARTS) is 1. The Morgan fingerprint density at radius 2 is 2.08 bits per heavy atom. The molecule has 0 radical (unpaired) electrons. The molecule has 1 aliphatic heterocycles. The summed E-state index contributed by atoms with van der Waals surface area (Å²) in [6.45, 7) is 0. The number of carbonyl (C=O) groups is 1. The van der Waals surface area contributed by atoms with Gasteiger partial charge in [-0.25, -0.2) is 9.78 Å². The zero-order chi connectivity index (χ0) is 9.26. The molecule has 0 amide bonds. The van der Waals surface area contributed by atoms with E-state index < -0.39 is 5.97 Å². The van der Waals surface area contributed by atoms with Gasteiger partial charge in [0.25, 0.3) is 5.88 Å². The predicted octanol–water partition coefficient (Wildman–Crippen LogP) is 1.02. The van der Waals surface area contributed by atoms with Crippen LogP contribution in [0, 0.1) is 0 Å². The number of aromatic carboxylic acids is 1. The molecule has 0 aromatic carbocycles. The van der Waals surface area contributed by atoms with Crippen molar-refractivity contribution in [1.29, 1.82) is 0 Å². The molecule has 1 aromatic rings. The Balaban J connectivity index is 2.44. The first-order chi connectivity index (χ1) is 6.27. The lowest BCUT2D eigenvalue weighted by molar-refractivity contribution is 0.0689. The van der Waals surface area contributed by atoms with Gasteiger partial charge in [-0.15, -0.1) is 0 Å². The highest BCUT2D eigenvalue weighted by Crippen LogP contribution is 2.27. The van der Waals surface area contributed by atoms with Gasteiger partial charge in [0.05, 0.1) is 0 Å². The predicted molar refractivity (Wildman–Crippen MR) is 41.6 cm³/mol. The first kappa shape index (κ1) is 7.60. The van der Waals surface area contributed by atoms with E-state index in [2.05, 4.69) is 4.98 Å². The third-order valence-electron chi connectivity index (χ3n) is 1.47. The number of nitrogens with zero attached hydrogens (tertiary/aromatic N) is 1. The highest BCUT2D eigenvalue weighted by molar-refractivity contribution is 5.85.